The highest BCUT2D eigenvalue weighted by molar-refractivity contribution is 5.96. The van der Waals surface area contributed by atoms with Crippen molar-refractivity contribution in [3.8, 4) is 0 Å². The summed E-state index contributed by atoms with van der Waals surface area (Å²) in [7, 11) is 0. The van der Waals surface area contributed by atoms with Gasteiger partial charge in [0.2, 0.25) is 0 Å². The lowest BCUT2D eigenvalue weighted by Crippen LogP contribution is -2.81. The molecule has 0 aromatic heterocycles. The lowest BCUT2D eigenvalue weighted by molar-refractivity contribution is -0.341. The van der Waals surface area contributed by atoms with Crippen molar-refractivity contribution in [1.29, 1.82) is 0 Å². The molecule has 13 nitrogen and oxygen atoms in total. The fraction of sp³-hybridized carbons (Fsp3) is 0.509. The van der Waals surface area contributed by atoms with Gasteiger partial charge in [-0.1, -0.05) is 107 Å². The molecular formula is C53H61NO12. The van der Waals surface area contributed by atoms with Crippen molar-refractivity contribution in [2.45, 2.75) is 129 Å². The topological polar surface area (TPSA) is 181 Å². The normalized spacial score (nSPS) is 32.2. The van der Waals surface area contributed by atoms with E-state index < -0.39 is 106 Å². The Balaban J connectivity index is 1.28. The number of fused-ring (bicyclic) bond motifs is 5. The monoisotopic (exact) mass is 903 g/mol. The predicted molar refractivity (Wildman–Crippen MR) is 240 cm³/mol. The van der Waals surface area contributed by atoms with Gasteiger partial charge in [0.05, 0.1) is 36.0 Å². The van der Waals surface area contributed by atoms with E-state index in [-0.39, 0.29) is 36.5 Å². The predicted octanol–water partition coefficient (Wildman–Crippen LogP) is 7.46. The molecule has 2 N–H and O–H groups in total. The van der Waals surface area contributed by atoms with Gasteiger partial charge in [-0.2, -0.15) is 0 Å². The van der Waals surface area contributed by atoms with E-state index in [9.17, 15) is 29.1 Å². The Kier molecular flexibility index (Phi) is 12.7. The van der Waals surface area contributed by atoms with E-state index in [1.807, 2.05) is 13.0 Å². The van der Waals surface area contributed by atoms with Crippen LogP contribution in [0.3, 0.4) is 0 Å². The van der Waals surface area contributed by atoms with E-state index in [2.05, 4.69) is 5.32 Å². The van der Waals surface area contributed by atoms with Gasteiger partial charge in [0, 0.05) is 29.7 Å². The number of hydrogen-bond acceptors (Lipinski definition) is 12. The summed E-state index contributed by atoms with van der Waals surface area (Å²) in [5, 5.41) is 17.1. The number of esters is 4. The number of hydrogen-bond donors (Lipinski definition) is 2. The lowest BCUT2D eigenvalue weighted by Gasteiger charge is -2.68. The zero-order valence-corrected chi connectivity index (χ0v) is 38.7. The van der Waals surface area contributed by atoms with Crippen LogP contribution in [0.1, 0.15) is 119 Å². The summed E-state index contributed by atoms with van der Waals surface area (Å²) in [4.78, 5) is 86.4. The van der Waals surface area contributed by atoms with Crippen LogP contribution in [-0.4, -0.2) is 82.9 Å². The molecule has 2 bridgehead atoms. The SMILES string of the molecule is CC(=O)OC1C(=O)C2(C)C(C)CC3OCC3(OC(=O)C3CCCC3)C2C(OC(=O)c2ccccc2)C2(O)CC(OC(=O)C(C)C(NC(=O)c3ccccc3)c3ccccc3)C(C)=C1C2(C)C. The average molecular weight is 904 g/mol. The van der Waals surface area contributed by atoms with Crippen LogP contribution in [0.5, 0.6) is 0 Å². The van der Waals surface area contributed by atoms with Gasteiger partial charge in [0.25, 0.3) is 5.91 Å². The number of nitrogens with one attached hydrogen (secondary N) is 1. The van der Waals surface area contributed by atoms with E-state index in [0.717, 1.165) is 12.8 Å². The van der Waals surface area contributed by atoms with E-state index >= 15 is 4.79 Å². The second kappa shape index (κ2) is 17.9. The fourth-order valence-electron chi connectivity index (χ4n) is 11.8. The summed E-state index contributed by atoms with van der Waals surface area (Å²) in [6, 6.07) is 25.1. The van der Waals surface area contributed by atoms with Gasteiger partial charge in [0.1, 0.15) is 23.9 Å². The number of ketones is 1. The minimum atomic E-state index is -2.20. The van der Waals surface area contributed by atoms with Crippen molar-refractivity contribution in [2.24, 2.45) is 34.5 Å². The van der Waals surface area contributed by atoms with Crippen LogP contribution in [0.15, 0.2) is 102 Å². The first-order valence-corrected chi connectivity index (χ1v) is 23.2. The highest BCUT2D eigenvalue weighted by Crippen LogP contribution is 2.66. The average Bonchev–Trinajstić information content (AvgIpc) is 3.85. The molecule has 3 aromatic rings. The van der Waals surface area contributed by atoms with Crippen molar-refractivity contribution in [3.63, 3.8) is 0 Å². The number of rotatable bonds is 11. The molecule has 66 heavy (non-hydrogen) atoms. The zero-order valence-electron chi connectivity index (χ0n) is 38.7. The molecule has 4 aliphatic carbocycles. The molecule has 11 unspecified atom stereocenters. The standard InChI is InChI=1S/C53H61NO12/c1-30-27-39-52(29-62-39,66-49(60)37-25-17-18-26-37)43-45(65-48(59)36-23-15-10-16-24-36)53(61)28-38(31(2)40(50(53,5)6)42(63-33(4)55)44(56)51(30,43)7)64-47(58)32(3)41(34-19-11-8-12-20-34)54-46(57)35-21-13-9-14-22-35/h8-16,19-24,30,32,37-39,41-43,45,61H,17-18,25-29H2,1-7H3,(H,54,57). The van der Waals surface area contributed by atoms with Crippen molar-refractivity contribution in [3.05, 3.63) is 119 Å². The second-order valence-corrected chi connectivity index (χ2v) is 19.9. The molecule has 350 valence electrons. The molecule has 11 atom stereocenters. The highest BCUT2D eigenvalue weighted by atomic mass is 16.6. The van der Waals surface area contributed by atoms with Crippen molar-refractivity contribution < 1.29 is 57.6 Å². The maximum Gasteiger partial charge on any atom is 0.338 e. The van der Waals surface area contributed by atoms with E-state index in [1.54, 1.807) is 120 Å². The number of ether oxygens (including phenoxy) is 5. The second-order valence-electron chi connectivity index (χ2n) is 19.9. The van der Waals surface area contributed by atoms with Crippen LogP contribution in [-0.2, 0) is 42.9 Å². The zero-order chi connectivity index (χ0) is 47.3. The van der Waals surface area contributed by atoms with Crippen LogP contribution in [0.4, 0.5) is 0 Å². The molecule has 1 saturated heterocycles. The lowest BCUT2D eigenvalue weighted by atomic mass is 9.43. The molecule has 8 rings (SSSR count). The summed E-state index contributed by atoms with van der Waals surface area (Å²) < 4.78 is 32.1. The Morgan fingerprint density at radius 2 is 1.42 bits per heavy atom. The molecule has 3 saturated carbocycles. The van der Waals surface area contributed by atoms with Crippen molar-refractivity contribution in [2.75, 3.05) is 6.61 Å². The molecule has 0 radical (unpaired) electrons. The fourth-order valence-corrected chi connectivity index (χ4v) is 11.8. The molecule has 3 aromatic carbocycles. The van der Waals surface area contributed by atoms with E-state index in [0.29, 0.717) is 29.5 Å². The smallest absolute Gasteiger partial charge is 0.338 e. The maximum absolute atomic E-state index is 15.9. The highest BCUT2D eigenvalue weighted by Gasteiger charge is 2.78. The van der Waals surface area contributed by atoms with Crippen LogP contribution in [0.25, 0.3) is 0 Å². The number of carbonyl (C=O) groups is 6. The number of Topliss-reactive ketones (excluding diaryl/α,β-unsaturated/α-hetero) is 1. The first-order chi connectivity index (χ1) is 31.3. The molecule has 1 heterocycles. The third-order valence-corrected chi connectivity index (χ3v) is 15.9. The van der Waals surface area contributed by atoms with Crippen LogP contribution in [0, 0.1) is 34.5 Å². The third kappa shape index (κ3) is 7.85. The van der Waals surface area contributed by atoms with Crippen LogP contribution < -0.4 is 5.32 Å². The minimum Gasteiger partial charge on any atom is -0.457 e. The molecule has 4 fully saturated rings. The quantitative estimate of drug-likeness (QED) is 0.110. The van der Waals surface area contributed by atoms with Gasteiger partial charge in [-0.05, 0) is 80.0 Å². The number of amides is 1. The maximum atomic E-state index is 15.9. The largest absolute Gasteiger partial charge is 0.457 e. The van der Waals surface area contributed by atoms with Gasteiger partial charge < -0.3 is 34.1 Å². The Morgan fingerprint density at radius 1 is 0.833 bits per heavy atom. The Morgan fingerprint density at radius 3 is 2.00 bits per heavy atom. The molecule has 13 heteroatoms. The van der Waals surface area contributed by atoms with Crippen molar-refractivity contribution >= 4 is 35.6 Å². The summed E-state index contributed by atoms with van der Waals surface area (Å²) in [5.74, 6) is -6.84. The Hall–Kier alpha value is -5.66. The summed E-state index contributed by atoms with van der Waals surface area (Å²) in [6.07, 6.45) is -2.26. The van der Waals surface area contributed by atoms with Gasteiger partial charge in [0.15, 0.2) is 17.5 Å². The first kappa shape index (κ1) is 46.9. The van der Waals surface area contributed by atoms with E-state index in [1.165, 1.54) is 6.92 Å². The summed E-state index contributed by atoms with van der Waals surface area (Å²) in [6.45, 7) is 11.4. The molecule has 1 aliphatic heterocycles. The first-order valence-electron chi connectivity index (χ1n) is 23.2. The molecular weight excluding hydrogens is 843 g/mol. The van der Waals surface area contributed by atoms with Gasteiger partial charge in [-0.3, -0.25) is 24.0 Å². The van der Waals surface area contributed by atoms with Gasteiger partial charge >= 0.3 is 23.9 Å². The molecule has 1 amide bonds. The Labute approximate surface area is 385 Å². The molecule has 0 spiro atoms. The third-order valence-electron chi connectivity index (χ3n) is 15.9. The summed E-state index contributed by atoms with van der Waals surface area (Å²) in [5.41, 5.74) is -5.06. The summed E-state index contributed by atoms with van der Waals surface area (Å²) >= 11 is 0. The number of benzene rings is 3. The number of carbonyl (C=O) groups excluding carboxylic acids is 6. The minimum absolute atomic E-state index is 0.141. The van der Waals surface area contributed by atoms with Crippen LogP contribution in [0.2, 0.25) is 0 Å². The van der Waals surface area contributed by atoms with Crippen molar-refractivity contribution in [1.82, 2.24) is 5.32 Å². The van der Waals surface area contributed by atoms with Gasteiger partial charge in [-0.25, -0.2) is 4.79 Å². The molecule has 5 aliphatic rings. The number of aliphatic hydroxyl groups is 1. The Bertz CT molecular complexity index is 2400. The van der Waals surface area contributed by atoms with Crippen LogP contribution >= 0.6 is 0 Å². The van der Waals surface area contributed by atoms with E-state index in [4.69, 9.17) is 23.7 Å². The van der Waals surface area contributed by atoms with Gasteiger partial charge in [-0.15, -0.1) is 0 Å².